The monoisotopic (exact) mass is 392 g/mol. The number of carboxylic acids is 1. The van der Waals surface area contributed by atoms with Gasteiger partial charge in [-0.05, 0) is 48.7 Å². The Morgan fingerprint density at radius 3 is 2.59 bits per heavy atom. The van der Waals surface area contributed by atoms with E-state index >= 15 is 0 Å². The van der Waals surface area contributed by atoms with Crippen LogP contribution in [0.2, 0.25) is 0 Å². The lowest BCUT2D eigenvalue weighted by Gasteiger charge is -2.12. The summed E-state index contributed by atoms with van der Waals surface area (Å²) >= 11 is 0. The van der Waals surface area contributed by atoms with Crippen LogP contribution in [0, 0.1) is 5.92 Å². The highest BCUT2D eigenvalue weighted by atomic mass is 16.5. The summed E-state index contributed by atoms with van der Waals surface area (Å²) in [5.74, 6) is 0.350. The second kappa shape index (κ2) is 9.41. The lowest BCUT2D eigenvalue weighted by molar-refractivity contribution is -0.137. The average molecular weight is 392 g/mol. The number of nitrogens with zero attached hydrogens (tertiary/aromatic N) is 2. The summed E-state index contributed by atoms with van der Waals surface area (Å²) in [7, 11) is 0. The molecule has 5 nitrogen and oxygen atoms in total. The van der Waals surface area contributed by atoms with Crippen molar-refractivity contribution in [2.24, 2.45) is 5.92 Å². The fourth-order valence-electron chi connectivity index (χ4n) is 3.41. The molecular weight excluding hydrogens is 364 g/mol. The molecule has 3 rings (SSSR count). The van der Waals surface area contributed by atoms with Crippen molar-refractivity contribution in [3.05, 3.63) is 72.1 Å². The van der Waals surface area contributed by atoms with Crippen molar-refractivity contribution in [2.75, 3.05) is 0 Å². The first-order valence-corrected chi connectivity index (χ1v) is 9.98. The first-order chi connectivity index (χ1) is 14.0. The van der Waals surface area contributed by atoms with Gasteiger partial charge in [-0.15, -0.1) is 0 Å². The van der Waals surface area contributed by atoms with E-state index in [0.29, 0.717) is 12.5 Å². The third kappa shape index (κ3) is 5.47. The highest BCUT2D eigenvalue weighted by Crippen LogP contribution is 2.24. The quantitative estimate of drug-likeness (QED) is 0.495. The number of hydrogen-bond acceptors (Lipinski definition) is 3. The van der Waals surface area contributed by atoms with Gasteiger partial charge in [0.05, 0.1) is 12.1 Å². The number of pyridine rings is 1. The molecule has 0 unspecified atom stereocenters. The summed E-state index contributed by atoms with van der Waals surface area (Å²) in [6.07, 6.45) is 5.95. The van der Waals surface area contributed by atoms with Crippen molar-refractivity contribution in [2.45, 2.75) is 46.3 Å². The van der Waals surface area contributed by atoms with Crippen LogP contribution in [0.4, 0.5) is 0 Å². The highest BCUT2D eigenvalue weighted by Gasteiger charge is 2.12. The number of benzene rings is 1. The minimum atomic E-state index is -0.808. The number of ether oxygens (including phenoxy) is 1. The first-order valence-electron chi connectivity index (χ1n) is 9.98. The Labute approximate surface area is 171 Å². The average Bonchev–Trinajstić information content (AvgIpc) is 3.08. The molecule has 152 valence electrons. The SMILES string of the molecule is CC=C[C@H](CC(=O)O)c1ccc(OCc2ccc3ccn(CC(C)C)c3n2)cc1. The maximum atomic E-state index is 11.1. The molecule has 3 aromatic rings. The van der Waals surface area contributed by atoms with Crippen molar-refractivity contribution < 1.29 is 14.6 Å². The number of carbonyl (C=O) groups is 1. The van der Waals surface area contributed by atoms with Gasteiger partial charge in [0.15, 0.2) is 0 Å². The molecule has 0 saturated heterocycles. The van der Waals surface area contributed by atoms with Crippen LogP contribution in [-0.2, 0) is 17.9 Å². The van der Waals surface area contributed by atoms with E-state index in [1.54, 1.807) is 0 Å². The van der Waals surface area contributed by atoms with E-state index in [4.69, 9.17) is 14.8 Å². The molecule has 0 radical (unpaired) electrons. The molecule has 2 heterocycles. The summed E-state index contributed by atoms with van der Waals surface area (Å²) < 4.78 is 8.09. The zero-order valence-electron chi connectivity index (χ0n) is 17.2. The zero-order valence-corrected chi connectivity index (χ0v) is 17.2. The molecule has 0 aliphatic carbocycles. The third-order valence-electron chi connectivity index (χ3n) is 4.75. The van der Waals surface area contributed by atoms with E-state index in [1.807, 2.05) is 49.4 Å². The van der Waals surface area contributed by atoms with Gasteiger partial charge in [0.1, 0.15) is 18.0 Å². The molecule has 1 N–H and O–H groups in total. The van der Waals surface area contributed by atoms with E-state index in [-0.39, 0.29) is 12.3 Å². The first kappa shape index (κ1) is 20.6. The number of fused-ring (bicyclic) bond motifs is 1. The van der Waals surface area contributed by atoms with Crippen molar-refractivity contribution in [3.8, 4) is 5.75 Å². The van der Waals surface area contributed by atoms with Crippen LogP contribution >= 0.6 is 0 Å². The summed E-state index contributed by atoms with van der Waals surface area (Å²) in [6.45, 7) is 7.61. The Balaban J connectivity index is 1.68. The molecule has 0 aliphatic heterocycles. The van der Waals surface area contributed by atoms with Crippen LogP contribution in [0.15, 0.2) is 60.8 Å². The normalized spacial score (nSPS) is 12.7. The van der Waals surface area contributed by atoms with Crippen LogP contribution in [0.5, 0.6) is 5.75 Å². The molecule has 2 aromatic heterocycles. The standard InChI is InChI=1S/C24H28N2O3/c1-4-5-20(14-23(27)28)18-7-10-22(11-8-18)29-16-21-9-6-19-12-13-26(15-17(2)3)24(19)25-21/h4-13,17,20H,14-16H2,1-3H3,(H,27,28)/t20-/m1/s1. The Kier molecular flexibility index (Phi) is 6.70. The number of rotatable bonds is 9. The van der Waals surface area contributed by atoms with Crippen molar-refractivity contribution in [1.29, 1.82) is 0 Å². The second-order valence-corrected chi connectivity index (χ2v) is 7.67. The third-order valence-corrected chi connectivity index (χ3v) is 4.75. The second-order valence-electron chi connectivity index (χ2n) is 7.67. The summed E-state index contributed by atoms with van der Waals surface area (Å²) in [6, 6.07) is 13.8. The zero-order chi connectivity index (χ0) is 20.8. The largest absolute Gasteiger partial charge is 0.487 e. The van der Waals surface area contributed by atoms with Gasteiger partial charge in [-0.2, -0.15) is 0 Å². The van der Waals surface area contributed by atoms with Crippen LogP contribution < -0.4 is 4.74 Å². The van der Waals surface area contributed by atoms with Crippen LogP contribution in [0.3, 0.4) is 0 Å². The lowest BCUT2D eigenvalue weighted by atomic mass is 9.95. The number of aliphatic carboxylic acids is 1. The minimum Gasteiger partial charge on any atom is -0.487 e. The van der Waals surface area contributed by atoms with Gasteiger partial charge in [0.2, 0.25) is 0 Å². The van der Waals surface area contributed by atoms with E-state index in [0.717, 1.165) is 34.6 Å². The fraction of sp³-hybridized carbons (Fsp3) is 0.333. The number of allylic oxidation sites excluding steroid dienone is 2. The number of hydrogen-bond donors (Lipinski definition) is 1. The molecule has 29 heavy (non-hydrogen) atoms. The van der Waals surface area contributed by atoms with Gasteiger partial charge >= 0.3 is 5.97 Å². The van der Waals surface area contributed by atoms with Crippen LogP contribution in [-0.4, -0.2) is 20.6 Å². The van der Waals surface area contributed by atoms with Crippen LogP contribution in [0.25, 0.3) is 11.0 Å². The van der Waals surface area contributed by atoms with E-state index in [9.17, 15) is 4.79 Å². The van der Waals surface area contributed by atoms with Gasteiger partial charge in [-0.1, -0.05) is 38.1 Å². The molecule has 0 bridgehead atoms. The van der Waals surface area contributed by atoms with Gasteiger partial charge in [0.25, 0.3) is 0 Å². The fourth-order valence-corrected chi connectivity index (χ4v) is 3.41. The van der Waals surface area contributed by atoms with Gasteiger partial charge < -0.3 is 14.4 Å². The Bertz CT molecular complexity index is 987. The molecule has 1 aromatic carbocycles. The molecule has 0 saturated carbocycles. The van der Waals surface area contributed by atoms with Gasteiger partial charge in [0, 0.05) is 24.0 Å². The predicted molar refractivity (Wildman–Crippen MR) is 115 cm³/mol. The topological polar surface area (TPSA) is 64.3 Å². The Morgan fingerprint density at radius 2 is 1.93 bits per heavy atom. The van der Waals surface area contributed by atoms with E-state index in [2.05, 4.69) is 36.7 Å². The molecule has 5 heteroatoms. The minimum absolute atomic E-state index is 0.0739. The molecule has 0 spiro atoms. The Morgan fingerprint density at radius 1 is 1.17 bits per heavy atom. The van der Waals surface area contributed by atoms with Gasteiger partial charge in [-0.3, -0.25) is 4.79 Å². The van der Waals surface area contributed by atoms with Crippen molar-refractivity contribution >= 4 is 17.0 Å². The summed E-state index contributed by atoms with van der Waals surface area (Å²) in [5.41, 5.74) is 2.82. The maximum absolute atomic E-state index is 11.1. The summed E-state index contributed by atoms with van der Waals surface area (Å²) in [5, 5.41) is 10.2. The smallest absolute Gasteiger partial charge is 0.304 e. The molecular formula is C24H28N2O3. The Hall–Kier alpha value is -3.08. The maximum Gasteiger partial charge on any atom is 0.304 e. The predicted octanol–water partition coefficient (Wildman–Crippen LogP) is 5.41. The highest BCUT2D eigenvalue weighted by molar-refractivity contribution is 5.76. The number of aromatic nitrogens is 2. The van der Waals surface area contributed by atoms with E-state index < -0.39 is 5.97 Å². The number of carboxylic acid groups (broad SMARTS) is 1. The lowest BCUT2D eigenvalue weighted by Crippen LogP contribution is -2.05. The summed E-state index contributed by atoms with van der Waals surface area (Å²) in [4.78, 5) is 15.8. The van der Waals surface area contributed by atoms with Crippen LogP contribution in [0.1, 0.15) is 44.4 Å². The van der Waals surface area contributed by atoms with Gasteiger partial charge in [-0.25, -0.2) is 4.98 Å². The molecule has 0 aliphatic rings. The van der Waals surface area contributed by atoms with E-state index in [1.165, 1.54) is 0 Å². The molecule has 0 amide bonds. The molecule has 1 atom stereocenters. The van der Waals surface area contributed by atoms with Crippen molar-refractivity contribution in [3.63, 3.8) is 0 Å². The van der Waals surface area contributed by atoms with Crippen molar-refractivity contribution in [1.82, 2.24) is 9.55 Å². The molecule has 0 fully saturated rings.